The topological polar surface area (TPSA) is 43.4 Å². The molecule has 1 aromatic carbocycles. The molecule has 0 unspecified atom stereocenters. The van der Waals surface area contributed by atoms with Gasteiger partial charge in [0.05, 0.1) is 5.52 Å². The maximum atomic E-state index is 5.26. The Morgan fingerprint density at radius 1 is 1.11 bits per heavy atom. The molecule has 3 rings (SSSR count). The van der Waals surface area contributed by atoms with Gasteiger partial charge in [0.2, 0.25) is 0 Å². The summed E-state index contributed by atoms with van der Waals surface area (Å²) in [6.07, 6.45) is 1.76. The van der Waals surface area contributed by atoms with Crippen LogP contribution in [-0.2, 0) is 0 Å². The van der Waals surface area contributed by atoms with Gasteiger partial charge in [-0.05, 0) is 18.3 Å². The number of pyridine rings is 1. The van der Waals surface area contributed by atoms with Crippen molar-refractivity contribution in [3.63, 3.8) is 0 Å². The number of rotatable bonds is 1. The molecule has 1 aromatic heterocycles. The van der Waals surface area contributed by atoms with Crippen LogP contribution in [0.1, 0.15) is 11.7 Å². The fraction of sp³-hybridized carbons (Fsp3) is 0.231. The SMILES string of the molecule is CN1NC(c2cccc3cccnc23)NN(C)C1=S. The molecule has 0 saturated carbocycles. The van der Waals surface area contributed by atoms with Gasteiger partial charge in [-0.25, -0.2) is 10.9 Å². The van der Waals surface area contributed by atoms with E-state index in [9.17, 15) is 0 Å². The molecule has 6 heteroatoms. The summed E-state index contributed by atoms with van der Waals surface area (Å²) in [5, 5.41) is 5.49. The smallest absolute Gasteiger partial charge is 0.200 e. The van der Waals surface area contributed by atoms with Gasteiger partial charge >= 0.3 is 0 Å². The lowest BCUT2D eigenvalue weighted by atomic mass is 10.1. The Hall–Kier alpha value is -1.76. The van der Waals surface area contributed by atoms with Crippen molar-refractivity contribution >= 4 is 28.2 Å². The van der Waals surface area contributed by atoms with Crippen molar-refractivity contribution in [2.24, 2.45) is 0 Å². The molecule has 19 heavy (non-hydrogen) atoms. The van der Waals surface area contributed by atoms with E-state index in [0.717, 1.165) is 16.5 Å². The molecule has 1 aliphatic rings. The Kier molecular flexibility index (Phi) is 3.06. The zero-order valence-corrected chi connectivity index (χ0v) is 11.6. The molecule has 5 nitrogen and oxygen atoms in total. The molecule has 2 aromatic rings. The molecule has 0 aliphatic carbocycles. The van der Waals surface area contributed by atoms with E-state index >= 15 is 0 Å². The minimum atomic E-state index is -0.0553. The number of thiocarbonyl (C=S) groups is 1. The Morgan fingerprint density at radius 2 is 1.79 bits per heavy atom. The molecular formula is C13H15N5S. The molecule has 1 fully saturated rings. The van der Waals surface area contributed by atoms with E-state index in [1.54, 1.807) is 0 Å². The van der Waals surface area contributed by atoms with Crippen molar-refractivity contribution in [1.82, 2.24) is 25.9 Å². The number of nitrogens with zero attached hydrogens (tertiary/aromatic N) is 3. The maximum absolute atomic E-state index is 5.26. The molecule has 0 bridgehead atoms. The molecule has 1 aliphatic heterocycles. The second-order valence-corrected chi connectivity index (χ2v) is 4.88. The predicted molar refractivity (Wildman–Crippen MR) is 78.9 cm³/mol. The average Bonchev–Trinajstić information content (AvgIpc) is 2.43. The van der Waals surface area contributed by atoms with Crippen LogP contribution >= 0.6 is 12.2 Å². The number of hydrazine groups is 2. The number of fused-ring (bicyclic) bond motifs is 1. The second-order valence-electron chi connectivity index (χ2n) is 4.51. The van der Waals surface area contributed by atoms with E-state index in [2.05, 4.69) is 34.0 Å². The van der Waals surface area contributed by atoms with Crippen LogP contribution in [0.2, 0.25) is 0 Å². The van der Waals surface area contributed by atoms with Gasteiger partial charge in [-0.1, -0.05) is 24.3 Å². The summed E-state index contributed by atoms with van der Waals surface area (Å²) in [5.74, 6) is 0. The van der Waals surface area contributed by atoms with Gasteiger partial charge in [0.15, 0.2) is 5.11 Å². The van der Waals surface area contributed by atoms with Crippen molar-refractivity contribution in [3.05, 3.63) is 42.1 Å². The lowest BCUT2D eigenvalue weighted by Gasteiger charge is -2.40. The van der Waals surface area contributed by atoms with Crippen molar-refractivity contribution in [3.8, 4) is 0 Å². The number of hydrogen-bond acceptors (Lipinski definition) is 4. The second kappa shape index (κ2) is 4.73. The summed E-state index contributed by atoms with van der Waals surface area (Å²) in [5.41, 5.74) is 8.70. The number of nitrogens with one attached hydrogen (secondary N) is 2. The monoisotopic (exact) mass is 273 g/mol. The minimum absolute atomic E-state index is 0.0553. The Morgan fingerprint density at radius 3 is 2.53 bits per heavy atom. The van der Waals surface area contributed by atoms with Gasteiger partial charge in [0, 0.05) is 31.2 Å². The molecule has 2 N–H and O–H groups in total. The fourth-order valence-electron chi connectivity index (χ4n) is 2.25. The van der Waals surface area contributed by atoms with Crippen LogP contribution in [0.25, 0.3) is 10.9 Å². The third-order valence-electron chi connectivity index (χ3n) is 3.19. The van der Waals surface area contributed by atoms with E-state index < -0.39 is 0 Å². The van der Waals surface area contributed by atoms with Gasteiger partial charge in [0.1, 0.15) is 6.17 Å². The van der Waals surface area contributed by atoms with E-state index in [4.69, 9.17) is 12.2 Å². The van der Waals surface area contributed by atoms with Crippen molar-refractivity contribution < 1.29 is 0 Å². The van der Waals surface area contributed by atoms with Gasteiger partial charge < -0.3 is 0 Å². The standard InChI is InChI=1S/C13H15N5S/c1-17-13(19)18(2)16-12(15-17)10-7-3-5-9-6-4-8-14-11(9)10/h3-8,12,15-16H,1-2H3. The highest BCUT2D eigenvalue weighted by Gasteiger charge is 2.25. The largest absolute Gasteiger partial charge is 0.285 e. The Labute approximate surface area is 117 Å². The quantitative estimate of drug-likeness (QED) is 0.766. The zero-order chi connectivity index (χ0) is 13.4. The first-order valence-corrected chi connectivity index (χ1v) is 6.45. The number of para-hydroxylation sites is 1. The first kappa shape index (κ1) is 12.3. The van der Waals surface area contributed by atoms with Gasteiger partial charge in [-0.15, -0.1) is 0 Å². The van der Waals surface area contributed by atoms with Gasteiger partial charge in [0.25, 0.3) is 0 Å². The van der Waals surface area contributed by atoms with Crippen LogP contribution < -0.4 is 10.9 Å². The number of aromatic nitrogens is 1. The molecule has 0 amide bonds. The minimum Gasteiger partial charge on any atom is -0.285 e. The zero-order valence-electron chi connectivity index (χ0n) is 10.8. The van der Waals surface area contributed by atoms with E-state index in [1.807, 2.05) is 42.4 Å². The lowest BCUT2D eigenvalue weighted by molar-refractivity contribution is 0.132. The number of hydrogen-bond donors (Lipinski definition) is 2. The molecule has 0 radical (unpaired) electrons. The van der Waals surface area contributed by atoms with Gasteiger partial charge in [-0.3, -0.25) is 15.0 Å². The van der Waals surface area contributed by atoms with E-state index in [1.165, 1.54) is 0 Å². The Balaban J connectivity index is 2.03. The fourth-order valence-corrected chi connectivity index (χ4v) is 2.36. The molecule has 98 valence electrons. The highest BCUT2D eigenvalue weighted by molar-refractivity contribution is 7.80. The van der Waals surface area contributed by atoms with Crippen LogP contribution in [0.15, 0.2) is 36.5 Å². The maximum Gasteiger partial charge on any atom is 0.200 e. The summed E-state index contributed by atoms with van der Waals surface area (Å²) in [4.78, 5) is 4.48. The third-order valence-corrected chi connectivity index (χ3v) is 3.74. The summed E-state index contributed by atoms with van der Waals surface area (Å²) in [6.45, 7) is 0. The molecular weight excluding hydrogens is 258 g/mol. The summed E-state index contributed by atoms with van der Waals surface area (Å²) in [7, 11) is 3.82. The molecule has 0 atom stereocenters. The molecule has 0 spiro atoms. The van der Waals surface area contributed by atoms with Crippen LogP contribution in [-0.4, -0.2) is 34.2 Å². The summed E-state index contributed by atoms with van der Waals surface area (Å²) in [6, 6.07) is 10.2. The van der Waals surface area contributed by atoms with E-state index in [-0.39, 0.29) is 6.17 Å². The van der Waals surface area contributed by atoms with Crippen LogP contribution in [0.3, 0.4) is 0 Å². The normalized spacial score (nSPS) is 17.3. The highest BCUT2D eigenvalue weighted by atomic mass is 32.1. The predicted octanol–water partition coefficient (Wildman–Crippen LogP) is 1.40. The van der Waals surface area contributed by atoms with Crippen LogP contribution in [0.4, 0.5) is 0 Å². The average molecular weight is 273 g/mol. The summed E-state index contributed by atoms with van der Waals surface area (Å²) < 4.78 is 0. The molecule has 2 heterocycles. The first-order valence-electron chi connectivity index (χ1n) is 6.04. The Bertz CT molecular complexity index is 610. The van der Waals surface area contributed by atoms with Crippen LogP contribution in [0, 0.1) is 0 Å². The first-order chi connectivity index (χ1) is 9.16. The lowest BCUT2D eigenvalue weighted by Crippen LogP contribution is -2.62. The summed E-state index contributed by atoms with van der Waals surface area (Å²) >= 11 is 5.26. The third kappa shape index (κ3) is 2.14. The number of benzene rings is 1. The van der Waals surface area contributed by atoms with Crippen molar-refractivity contribution in [1.29, 1.82) is 0 Å². The molecule has 1 saturated heterocycles. The van der Waals surface area contributed by atoms with Crippen molar-refractivity contribution in [2.75, 3.05) is 14.1 Å². The van der Waals surface area contributed by atoms with Crippen molar-refractivity contribution in [2.45, 2.75) is 6.17 Å². The van der Waals surface area contributed by atoms with Gasteiger partial charge in [-0.2, -0.15) is 0 Å². The highest BCUT2D eigenvalue weighted by Crippen LogP contribution is 2.22. The van der Waals surface area contributed by atoms with Crippen LogP contribution in [0.5, 0.6) is 0 Å². The van der Waals surface area contributed by atoms with E-state index in [0.29, 0.717) is 5.11 Å².